The number of amides is 3. The lowest BCUT2D eigenvalue weighted by Gasteiger charge is -2.18. The molecule has 1 aliphatic rings. The molecule has 0 fully saturated rings. The molecule has 1 atom stereocenters. The van der Waals surface area contributed by atoms with Gasteiger partial charge in [-0.25, -0.2) is 9.80 Å². The van der Waals surface area contributed by atoms with Gasteiger partial charge in [0.25, 0.3) is 0 Å². The smallest absolute Gasteiger partial charge is 0.322 e. The van der Waals surface area contributed by atoms with E-state index in [0.717, 1.165) is 19.3 Å². The molecule has 1 rings (SSSR count). The fourth-order valence-electron chi connectivity index (χ4n) is 1.67. The molecule has 6 nitrogen and oxygen atoms in total. The fourth-order valence-corrected chi connectivity index (χ4v) is 2.72. The summed E-state index contributed by atoms with van der Waals surface area (Å²) in [5.74, 6) is 0.0292. The van der Waals surface area contributed by atoms with Crippen LogP contribution in [0.1, 0.15) is 39.5 Å². The maximum absolute atomic E-state index is 12.1. The minimum absolute atomic E-state index is 0.00791. The van der Waals surface area contributed by atoms with Gasteiger partial charge >= 0.3 is 6.03 Å². The monoisotopic (exact) mass is 286 g/mol. The van der Waals surface area contributed by atoms with Crippen molar-refractivity contribution < 1.29 is 9.59 Å². The number of amidine groups is 1. The van der Waals surface area contributed by atoms with Crippen LogP contribution in [-0.2, 0) is 4.79 Å². The third kappa shape index (κ3) is 3.86. The number of nitrogens with one attached hydrogen (secondary N) is 1. The Kier molecular flexibility index (Phi) is 6.14. The van der Waals surface area contributed by atoms with Crippen molar-refractivity contribution in [1.29, 1.82) is 0 Å². The van der Waals surface area contributed by atoms with Gasteiger partial charge in [0.2, 0.25) is 5.91 Å². The molecule has 1 unspecified atom stereocenters. The number of urea groups is 1. The Morgan fingerprint density at radius 3 is 2.68 bits per heavy atom. The molecule has 1 aliphatic heterocycles. The highest BCUT2D eigenvalue weighted by molar-refractivity contribution is 8.14. The first-order chi connectivity index (χ1) is 9.04. The van der Waals surface area contributed by atoms with Crippen LogP contribution >= 0.6 is 11.8 Å². The summed E-state index contributed by atoms with van der Waals surface area (Å²) < 4.78 is 0. The zero-order chi connectivity index (χ0) is 14.4. The Hall–Kier alpha value is -1.24. The van der Waals surface area contributed by atoms with Crippen LogP contribution in [0, 0.1) is 0 Å². The molecular formula is C12H22N4O2S. The standard InChI is InChI=1S/C12H22N4O2S/c1-5-7-8-9(17)16-10(6-2)19-12(14-16)15(4)11(18)13-3/h10H,5-8H2,1-4H3,(H,13,18). The predicted molar refractivity (Wildman–Crippen MR) is 77.7 cm³/mol. The predicted octanol–water partition coefficient (Wildman–Crippen LogP) is 2.03. The largest absolute Gasteiger partial charge is 0.341 e. The SMILES string of the molecule is CCCCC(=O)N1N=C(N(C)C(=O)NC)SC1CC. The number of hydrogen-bond acceptors (Lipinski definition) is 4. The van der Waals surface area contributed by atoms with E-state index in [1.165, 1.54) is 21.7 Å². The number of carbonyl (C=O) groups is 2. The van der Waals surface area contributed by atoms with Crippen LogP contribution in [0.3, 0.4) is 0 Å². The normalized spacial score (nSPS) is 18.2. The number of hydrazone groups is 1. The number of thioether (sulfide) groups is 1. The summed E-state index contributed by atoms with van der Waals surface area (Å²) in [6.07, 6.45) is 3.16. The number of hydrogen-bond donors (Lipinski definition) is 1. The van der Waals surface area contributed by atoms with Crippen molar-refractivity contribution >= 4 is 28.9 Å². The highest BCUT2D eigenvalue weighted by Gasteiger charge is 2.33. The first-order valence-electron chi connectivity index (χ1n) is 6.57. The van der Waals surface area contributed by atoms with E-state index >= 15 is 0 Å². The maximum Gasteiger partial charge on any atom is 0.322 e. The van der Waals surface area contributed by atoms with Crippen molar-refractivity contribution in [2.24, 2.45) is 5.10 Å². The van der Waals surface area contributed by atoms with Gasteiger partial charge in [-0.2, -0.15) is 0 Å². The average molecular weight is 286 g/mol. The number of nitrogens with zero attached hydrogens (tertiary/aromatic N) is 3. The minimum atomic E-state index is -0.232. The number of rotatable bonds is 4. The molecule has 3 amide bonds. The maximum atomic E-state index is 12.1. The van der Waals surface area contributed by atoms with Crippen molar-refractivity contribution in [3.8, 4) is 0 Å². The zero-order valence-corrected chi connectivity index (χ0v) is 12.8. The molecule has 19 heavy (non-hydrogen) atoms. The highest BCUT2D eigenvalue weighted by Crippen LogP contribution is 2.30. The van der Waals surface area contributed by atoms with Gasteiger partial charge in [0.05, 0.1) is 0 Å². The molecule has 0 bridgehead atoms. The van der Waals surface area contributed by atoms with E-state index in [1.54, 1.807) is 14.1 Å². The topological polar surface area (TPSA) is 65.0 Å². The van der Waals surface area contributed by atoms with E-state index in [1.807, 2.05) is 6.92 Å². The summed E-state index contributed by atoms with van der Waals surface area (Å²) in [4.78, 5) is 25.1. The van der Waals surface area contributed by atoms with Gasteiger partial charge in [0.15, 0.2) is 5.17 Å². The molecule has 7 heteroatoms. The van der Waals surface area contributed by atoms with Gasteiger partial charge in [-0.05, 0) is 12.8 Å². The van der Waals surface area contributed by atoms with Crippen LogP contribution in [0.15, 0.2) is 5.10 Å². The molecule has 0 aromatic heterocycles. The van der Waals surface area contributed by atoms with Crippen LogP contribution < -0.4 is 5.32 Å². The Morgan fingerprint density at radius 2 is 2.16 bits per heavy atom. The van der Waals surface area contributed by atoms with E-state index in [2.05, 4.69) is 17.3 Å². The van der Waals surface area contributed by atoms with Gasteiger partial charge in [-0.1, -0.05) is 32.0 Å². The summed E-state index contributed by atoms with van der Waals surface area (Å²) in [5.41, 5.74) is 0. The first-order valence-corrected chi connectivity index (χ1v) is 7.45. The summed E-state index contributed by atoms with van der Waals surface area (Å²) in [6.45, 7) is 4.06. The molecule has 108 valence electrons. The second-order valence-corrected chi connectivity index (χ2v) is 5.46. The Labute approximate surface area is 118 Å². The fraction of sp³-hybridized carbons (Fsp3) is 0.750. The van der Waals surface area contributed by atoms with E-state index < -0.39 is 0 Å². The molecule has 0 aliphatic carbocycles. The molecular weight excluding hydrogens is 264 g/mol. The highest BCUT2D eigenvalue weighted by atomic mass is 32.2. The molecule has 1 N–H and O–H groups in total. The summed E-state index contributed by atoms with van der Waals surface area (Å²) in [5, 5.41) is 8.91. The molecule has 0 aromatic rings. The minimum Gasteiger partial charge on any atom is -0.341 e. The number of carbonyl (C=O) groups excluding carboxylic acids is 2. The van der Waals surface area contributed by atoms with Gasteiger partial charge < -0.3 is 5.32 Å². The van der Waals surface area contributed by atoms with Crippen molar-refractivity contribution in [2.45, 2.75) is 44.9 Å². The van der Waals surface area contributed by atoms with Gasteiger partial charge in [-0.15, -0.1) is 5.10 Å². The van der Waals surface area contributed by atoms with Crippen LogP contribution in [0.2, 0.25) is 0 Å². The van der Waals surface area contributed by atoms with E-state index in [4.69, 9.17) is 0 Å². The molecule has 0 saturated carbocycles. The number of unbranched alkanes of at least 4 members (excludes halogenated alkanes) is 1. The molecule has 0 radical (unpaired) electrons. The summed E-state index contributed by atoms with van der Waals surface area (Å²) in [6, 6.07) is -0.232. The van der Waals surface area contributed by atoms with Crippen molar-refractivity contribution in [2.75, 3.05) is 14.1 Å². The Balaban J connectivity index is 2.76. The van der Waals surface area contributed by atoms with Crippen LogP contribution in [0.5, 0.6) is 0 Å². The third-order valence-electron chi connectivity index (χ3n) is 2.86. The Morgan fingerprint density at radius 1 is 1.47 bits per heavy atom. The van der Waals surface area contributed by atoms with E-state index in [0.29, 0.717) is 11.6 Å². The van der Waals surface area contributed by atoms with Crippen molar-refractivity contribution in [3.63, 3.8) is 0 Å². The summed E-state index contributed by atoms with van der Waals surface area (Å²) in [7, 11) is 3.22. The lowest BCUT2D eigenvalue weighted by atomic mass is 10.2. The second-order valence-electron chi connectivity index (χ2n) is 4.32. The lowest BCUT2D eigenvalue weighted by molar-refractivity contribution is -0.131. The first kappa shape index (κ1) is 15.8. The van der Waals surface area contributed by atoms with Gasteiger partial charge in [0, 0.05) is 20.5 Å². The van der Waals surface area contributed by atoms with E-state index in [9.17, 15) is 9.59 Å². The quantitative estimate of drug-likeness (QED) is 0.860. The van der Waals surface area contributed by atoms with Gasteiger partial charge in [-0.3, -0.25) is 9.69 Å². The van der Waals surface area contributed by atoms with Crippen LogP contribution in [-0.4, -0.2) is 46.5 Å². The zero-order valence-electron chi connectivity index (χ0n) is 12.0. The molecule has 0 spiro atoms. The second kappa shape index (κ2) is 7.37. The molecule has 0 saturated heterocycles. The van der Waals surface area contributed by atoms with Crippen molar-refractivity contribution in [1.82, 2.24) is 15.2 Å². The molecule has 1 heterocycles. The summed E-state index contributed by atoms with van der Waals surface area (Å²) >= 11 is 1.45. The Bertz CT molecular complexity index is 373. The third-order valence-corrected chi connectivity index (χ3v) is 4.23. The van der Waals surface area contributed by atoms with Crippen LogP contribution in [0.25, 0.3) is 0 Å². The van der Waals surface area contributed by atoms with Crippen molar-refractivity contribution in [3.05, 3.63) is 0 Å². The lowest BCUT2D eigenvalue weighted by Crippen LogP contribution is -2.37. The molecule has 0 aromatic carbocycles. The average Bonchev–Trinajstić information content (AvgIpc) is 2.87. The van der Waals surface area contributed by atoms with E-state index in [-0.39, 0.29) is 17.3 Å². The van der Waals surface area contributed by atoms with Crippen LogP contribution in [0.4, 0.5) is 4.79 Å². The van der Waals surface area contributed by atoms with Gasteiger partial charge in [0.1, 0.15) is 5.37 Å².